The van der Waals surface area contributed by atoms with E-state index in [1.165, 1.54) is 19.2 Å². The smallest absolute Gasteiger partial charge is 0.307 e. The largest absolute Gasteiger partial charge is 0.493 e. The molecule has 0 saturated heterocycles. The van der Waals surface area contributed by atoms with Gasteiger partial charge in [0, 0.05) is 5.56 Å². The first-order valence-electron chi connectivity index (χ1n) is 12.5. The first-order valence-corrected chi connectivity index (χ1v) is 14.0. The zero-order chi connectivity index (χ0) is 26.7. The Morgan fingerprint density at radius 3 is 2.50 bits per heavy atom. The molecular weight excluding hydrogens is 504 g/mol. The minimum Gasteiger partial charge on any atom is -0.493 e. The van der Waals surface area contributed by atoms with Crippen LogP contribution in [-0.4, -0.2) is 34.7 Å². The van der Waals surface area contributed by atoms with Crippen molar-refractivity contribution in [3.8, 4) is 34.8 Å². The molecule has 0 radical (unpaired) electrons. The number of carbonyl (C=O) groups excluding carboxylic acids is 1. The standard InChI is InChI=1S/C30H28O7S/c1-34-24-16-14-21(18-27(24)36-23-7-3-4-8-23)22(19-30(31)35-2)13-11-20-12-15-26-29(17-20)38(32,33)28-10-6-5-9-25(28)37-26/h5-6,9-10,12,14-18,22-23H,3-4,7-8,19H2,1-2H3/t22-/m0/s1. The summed E-state index contributed by atoms with van der Waals surface area (Å²) < 4.78 is 48.9. The summed E-state index contributed by atoms with van der Waals surface area (Å²) in [6.07, 6.45) is 4.42. The summed E-state index contributed by atoms with van der Waals surface area (Å²) in [5, 5.41) is 0. The summed E-state index contributed by atoms with van der Waals surface area (Å²) in [6.45, 7) is 0. The second-order valence-corrected chi connectivity index (χ2v) is 11.1. The minimum absolute atomic E-state index is 0.0262. The summed E-state index contributed by atoms with van der Waals surface area (Å²) in [5.74, 6) is 7.07. The van der Waals surface area contributed by atoms with Crippen LogP contribution in [0.5, 0.6) is 23.0 Å². The van der Waals surface area contributed by atoms with Crippen molar-refractivity contribution in [1.82, 2.24) is 0 Å². The average molecular weight is 533 g/mol. The Labute approximate surface area is 222 Å². The first-order chi connectivity index (χ1) is 18.4. The fourth-order valence-electron chi connectivity index (χ4n) is 4.73. The number of ether oxygens (including phenoxy) is 4. The molecule has 2 aliphatic rings. The van der Waals surface area contributed by atoms with E-state index in [1.807, 2.05) is 18.2 Å². The number of carbonyl (C=O) groups is 1. The lowest BCUT2D eigenvalue weighted by Crippen LogP contribution is -2.12. The Hall–Kier alpha value is -3.96. The molecule has 0 unspecified atom stereocenters. The van der Waals surface area contributed by atoms with E-state index in [0.717, 1.165) is 31.2 Å². The molecule has 1 saturated carbocycles. The molecule has 5 rings (SSSR count). The third kappa shape index (κ3) is 5.20. The maximum absolute atomic E-state index is 13.2. The van der Waals surface area contributed by atoms with E-state index in [-0.39, 0.29) is 28.1 Å². The van der Waals surface area contributed by atoms with Crippen LogP contribution in [0.15, 0.2) is 70.5 Å². The van der Waals surface area contributed by atoms with Crippen LogP contribution >= 0.6 is 0 Å². The van der Waals surface area contributed by atoms with E-state index in [0.29, 0.717) is 22.8 Å². The molecule has 0 amide bonds. The topological polar surface area (TPSA) is 88.1 Å². The van der Waals surface area contributed by atoms with Gasteiger partial charge in [-0.25, -0.2) is 8.42 Å². The van der Waals surface area contributed by atoms with Gasteiger partial charge in [0.05, 0.1) is 32.7 Å². The number of methoxy groups -OCH3 is 2. The molecular formula is C30H28O7S. The molecule has 0 N–H and O–H groups in total. The highest BCUT2D eigenvalue weighted by molar-refractivity contribution is 7.91. The summed E-state index contributed by atoms with van der Waals surface area (Å²) in [6, 6.07) is 16.9. The number of esters is 1. The lowest BCUT2D eigenvalue weighted by molar-refractivity contribution is -0.140. The van der Waals surface area contributed by atoms with Gasteiger partial charge >= 0.3 is 5.97 Å². The van der Waals surface area contributed by atoms with Crippen molar-refractivity contribution in [2.75, 3.05) is 14.2 Å². The van der Waals surface area contributed by atoms with Crippen molar-refractivity contribution in [3.63, 3.8) is 0 Å². The van der Waals surface area contributed by atoms with E-state index < -0.39 is 21.7 Å². The van der Waals surface area contributed by atoms with E-state index in [2.05, 4.69) is 11.8 Å². The third-order valence-electron chi connectivity index (χ3n) is 6.77. The van der Waals surface area contributed by atoms with Gasteiger partial charge in [-0.3, -0.25) is 4.79 Å². The van der Waals surface area contributed by atoms with Crippen molar-refractivity contribution < 1.29 is 32.2 Å². The molecule has 1 atom stereocenters. The normalized spacial score (nSPS) is 16.2. The van der Waals surface area contributed by atoms with Gasteiger partial charge in [-0.15, -0.1) is 0 Å². The second-order valence-electron chi connectivity index (χ2n) is 9.25. The number of sulfone groups is 1. The average Bonchev–Trinajstić information content (AvgIpc) is 3.44. The molecule has 7 nitrogen and oxygen atoms in total. The number of fused-ring (bicyclic) bond motifs is 2. The molecule has 1 fully saturated rings. The van der Waals surface area contributed by atoms with Crippen LogP contribution < -0.4 is 14.2 Å². The van der Waals surface area contributed by atoms with Crippen LogP contribution in [0.1, 0.15) is 49.1 Å². The molecule has 3 aromatic carbocycles. The van der Waals surface area contributed by atoms with E-state index in [1.54, 1.807) is 37.4 Å². The van der Waals surface area contributed by atoms with Gasteiger partial charge in [-0.05, 0) is 73.7 Å². The molecule has 38 heavy (non-hydrogen) atoms. The van der Waals surface area contributed by atoms with Crippen molar-refractivity contribution in [2.24, 2.45) is 0 Å². The van der Waals surface area contributed by atoms with Crippen LogP contribution in [0.4, 0.5) is 0 Å². The Balaban J connectivity index is 1.48. The Kier molecular flexibility index (Phi) is 7.30. The fraction of sp³-hybridized carbons (Fsp3) is 0.300. The number of benzene rings is 3. The molecule has 196 valence electrons. The van der Waals surface area contributed by atoms with Gasteiger partial charge in [0.25, 0.3) is 0 Å². The van der Waals surface area contributed by atoms with Gasteiger partial charge in [0.15, 0.2) is 11.5 Å². The molecule has 1 heterocycles. The van der Waals surface area contributed by atoms with E-state index in [9.17, 15) is 13.2 Å². The summed E-state index contributed by atoms with van der Waals surface area (Å²) in [4.78, 5) is 12.4. The SMILES string of the molecule is COC(=O)C[C@H](C#Cc1ccc2c(c1)S(=O)(=O)c1ccccc1O2)c1ccc(OC)c(OC2CCCC2)c1. The van der Waals surface area contributed by atoms with Gasteiger partial charge < -0.3 is 18.9 Å². The number of rotatable bonds is 6. The molecule has 0 aromatic heterocycles. The first kappa shape index (κ1) is 25.7. The number of para-hydroxylation sites is 1. The van der Waals surface area contributed by atoms with Crippen LogP contribution in [-0.2, 0) is 19.4 Å². The highest BCUT2D eigenvalue weighted by Crippen LogP contribution is 2.42. The van der Waals surface area contributed by atoms with Crippen molar-refractivity contribution >= 4 is 15.8 Å². The van der Waals surface area contributed by atoms with Gasteiger partial charge in [0.2, 0.25) is 9.84 Å². The van der Waals surface area contributed by atoms with E-state index in [4.69, 9.17) is 18.9 Å². The predicted octanol–water partition coefficient (Wildman–Crippen LogP) is 5.65. The molecule has 1 aliphatic carbocycles. The van der Waals surface area contributed by atoms with Crippen LogP contribution in [0.3, 0.4) is 0 Å². The molecule has 1 aliphatic heterocycles. The summed E-state index contributed by atoms with van der Waals surface area (Å²) in [7, 11) is -0.833. The molecule has 0 spiro atoms. The third-order valence-corrected chi connectivity index (χ3v) is 8.58. The number of hydrogen-bond donors (Lipinski definition) is 0. The van der Waals surface area contributed by atoms with Crippen molar-refractivity contribution in [1.29, 1.82) is 0 Å². The Morgan fingerprint density at radius 2 is 1.74 bits per heavy atom. The molecule has 0 bridgehead atoms. The summed E-state index contributed by atoms with van der Waals surface area (Å²) >= 11 is 0. The minimum atomic E-state index is -3.76. The quantitative estimate of drug-likeness (QED) is 0.234. The maximum atomic E-state index is 13.2. The van der Waals surface area contributed by atoms with Gasteiger partial charge in [-0.2, -0.15) is 0 Å². The predicted molar refractivity (Wildman–Crippen MR) is 141 cm³/mol. The molecule has 3 aromatic rings. The van der Waals surface area contributed by atoms with Gasteiger partial charge in [-0.1, -0.05) is 30.0 Å². The monoisotopic (exact) mass is 532 g/mol. The van der Waals surface area contributed by atoms with E-state index >= 15 is 0 Å². The highest BCUT2D eigenvalue weighted by Gasteiger charge is 2.31. The van der Waals surface area contributed by atoms with Crippen LogP contribution in [0.2, 0.25) is 0 Å². The van der Waals surface area contributed by atoms with Crippen LogP contribution in [0.25, 0.3) is 0 Å². The summed E-state index contributed by atoms with van der Waals surface area (Å²) in [5.41, 5.74) is 1.26. The Bertz CT molecular complexity index is 1530. The van der Waals surface area contributed by atoms with Gasteiger partial charge in [0.1, 0.15) is 21.3 Å². The highest BCUT2D eigenvalue weighted by atomic mass is 32.2. The second kappa shape index (κ2) is 10.8. The van der Waals surface area contributed by atoms with Crippen molar-refractivity contribution in [3.05, 3.63) is 71.8 Å². The maximum Gasteiger partial charge on any atom is 0.307 e. The zero-order valence-electron chi connectivity index (χ0n) is 21.2. The fourth-order valence-corrected chi connectivity index (χ4v) is 6.26. The van der Waals surface area contributed by atoms with Crippen LogP contribution in [0, 0.1) is 11.8 Å². The lowest BCUT2D eigenvalue weighted by atomic mass is 9.95. The van der Waals surface area contributed by atoms with Crippen molar-refractivity contribution in [2.45, 2.75) is 53.9 Å². The Morgan fingerprint density at radius 1 is 0.974 bits per heavy atom. The lowest BCUT2D eigenvalue weighted by Gasteiger charge is -2.20. The zero-order valence-corrected chi connectivity index (χ0v) is 22.0. The molecule has 8 heteroatoms. The number of hydrogen-bond acceptors (Lipinski definition) is 7.